The number of benzene rings is 1. The molecule has 3 atom stereocenters. The Bertz CT molecular complexity index is 746. The van der Waals surface area contributed by atoms with Crippen LogP contribution in [0.4, 0.5) is 5.69 Å². The number of ether oxygens (including phenoxy) is 4. The lowest BCUT2D eigenvalue weighted by Gasteiger charge is -2.39. The number of hydrogen-bond donors (Lipinski definition) is 1. The monoisotopic (exact) mass is 411 g/mol. The zero-order valence-electron chi connectivity index (χ0n) is 17.7. The van der Waals surface area contributed by atoms with Crippen LogP contribution >= 0.6 is 0 Å². The highest BCUT2D eigenvalue weighted by Crippen LogP contribution is 2.46. The summed E-state index contributed by atoms with van der Waals surface area (Å²) in [4.78, 5) is 26.0. The Hall–Kier alpha value is -2.59. The van der Waals surface area contributed by atoms with E-state index in [0.717, 1.165) is 13.1 Å². The van der Waals surface area contributed by atoms with Crippen molar-refractivity contribution in [3.8, 4) is 17.2 Å². The number of nitrogens with one attached hydrogen (secondary N) is 1. The lowest BCUT2D eigenvalue weighted by atomic mass is 10.1. The second kappa shape index (κ2) is 9.75. The quantitative estimate of drug-likeness (QED) is 0.509. The van der Waals surface area contributed by atoms with Gasteiger partial charge in [-0.05, 0) is 20.8 Å². The van der Waals surface area contributed by atoms with Crippen molar-refractivity contribution < 1.29 is 28.7 Å². The van der Waals surface area contributed by atoms with Crippen molar-refractivity contribution in [2.75, 3.05) is 41.0 Å². The van der Waals surface area contributed by atoms with Gasteiger partial charge in [0.15, 0.2) is 5.75 Å². The summed E-state index contributed by atoms with van der Waals surface area (Å²) in [5.41, 5.74) is -0.621. The molecule has 1 heterocycles. The minimum absolute atomic E-state index is 0.0360. The van der Waals surface area contributed by atoms with Gasteiger partial charge in [-0.1, -0.05) is 0 Å². The predicted molar refractivity (Wildman–Crippen MR) is 106 cm³/mol. The van der Waals surface area contributed by atoms with Gasteiger partial charge in [0.2, 0.25) is 11.5 Å². The van der Waals surface area contributed by atoms with Gasteiger partial charge in [-0.25, -0.2) is 0 Å². The van der Waals surface area contributed by atoms with E-state index in [1.807, 2.05) is 20.8 Å². The summed E-state index contributed by atoms with van der Waals surface area (Å²) in [6.45, 7) is 7.85. The largest absolute Gasteiger partial charge is 0.493 e. The third-order valence-corrected chi connectivity index (χ3v) is 4.86. The molecule has 0 spiro atoms. The molecule has 29 heavy (non-hydrogen) atoms. The first-order chi connectivity index (χ1) is 13.7. The fourth-order valence-electron chi connectivity index (χ4n) is 3.54. The number of hydrogen-bond acceptors (Lipinski definition) is 8. The SMILES string of the molecule is COc1cc(C(=O)NC[C@H](C)N2C[C@@H](C)O[C@H](C)C2)c([N+](=O)[O-])c(OC)c1OC. The van der Waals surface area contributed by atoms with E-state index in [1.54, 1.807) is 0 Å². The minimum Gasteiger partial charge on any atom is -0.493 e. The van der Waals surface area contributed by atoms with E-state index in [-0.39, 0.29) is 41.1 Å². The van der Waals surface area contributed by atoms with Crippen LogP contribution in [0.15, 0.2) is 6.07 Å². The number of rotatable bonds is 8. The maximum absolute atomic E-state index is 12.8. The van der Waals surface area contributed by atoms with Crippen LogP contribution in [0.1, 0.15) is 31.1 Å². The number of nitro benzene ring substituents is 1. The van der Waals surface area contributed by atoms with E-state index >= 15 is 0 Å². The first-order valence-electron chi connectivity index (χ1n) is 9.38. The standard InChI is InChI=1S/C19H29N3O7/c1-11(21-9-12(2)29-13(3)10-21)8-20-19(23)14-7-15(26-4)17(27-5)18(28-6)16(14)22(24)25/h7,11-13H,8-10H2,1-6H3,(H,20,23)/t11-,12+,13+/m0/s1. The van der Waals surface area contributed by atoms with Gasteiger partial charge in [-0.2, -0.15) is 0 Å². The zero-order chi connectivity index (χ0) is 21.7. The van der Waals surface area contributed by atoms with Crippen molar-refractivity contribution in [2.24, 2.45) is 0 Å². The molecule has 1 aromatic carbocycles. The third kappa shape index (κ3) is 5.07. The summed E-state index contributed by atoms with van der Waals surface area (Å²) < 4.78 is 21.3. The van der Waals surface area contributed by atoms with Crippen LogP contribution in [0, 0.1) is 10.1 Å². The summed E-state index contributed by atoms with van der Waals surface area (Å²) in [6.07, 6.45) is 0.209. The molecule has 1 aromatic rings. The van der Waals surface area contributed by atoms with Gasteiger partial charge in [0.05, 0.1) is 38.5 Å². The number of nitro groups is 1. The highest BCUT2D eigenvalue weighted by atomic mass is 16.6. The van der Waals surface area contributed by atoms with Crippen LogP contribution < -0.4 is 19.5 Å². The molecule has 0 bridgehead atoms. The summed E-state index contributed by atoms with van der Waals surface area (Å²) in [5, 5.41) is 14.4. The topological polar surface area (TPSA) is 112 Å². The van der Waals surface area contributed by atoms with Gasteiger partial charge >= 0.3 is 5.69 Å². The molecular formula is C19H29N3O7. The Morgan fingerprint density at radius 2 is 1.83 bits per heavy atom. The van der Waals surface area contributed by atoms with E-state index in [9.17, 15) is 14.9 Å². The van der Waals surface area contributed by atoms with E-state index < -0.39 is 16.5 Å². The first-order valence-corrected chi connectivity index (χ1v) is 9.38. The zero-order valence-corrected chi connectivity index (χ0v) is 17.7. The van der Waals surface area contributed by atoms with E-state index in [1.165, 1.54) is 27.4 Å². The highest BCUT2D eigenvalue weighted by molar-refractivity contribution is 6.00. The maximum Gasteiger partial charge on any atom is 0.327 e. The molecule has 0 unspecified atom stereocenters. The number of carbonyl (C=O) groups excluding carboxylic acids is 1. The molecule has 0 saturated carbocycles. The van der Waals surface area contributed by atoms with Crippen LogP contribution in [0.2, 0.25) is 0 Å². The fraction of sp³-hybridized carbons (Fsp3) is 0.632. The molecule has 1 N–H and O–H groups in total. The van der Waals surface area contributed by atoms with Gasteiger partial charge in [-0.3, -0.25) is 19.8 Å². The maximum atomic E-state index is 12.8. The molecule has 1 amide bonds. The van der Waals surface area contributed by atoms with Crippen molar-refractivity contribution in [1.29, 1.82) is 0 Å². The number of carbonyl (C=O) groups is 1. The Morgan fingerprint density at radius 3 is 2.31 bits per heavy atom. The Balaban J connectivity index is 2.24. The molecule has 1 saturated heterocycles. The van der Waals surface area contributed by atoms with Crippen LogP contribution in [0.3, 0.4) is 0 Å². The molecule has 1 aliphatic heterocycles. The smallest absolute Gasteiger partial charge is 0.327 e. The normalized spacial score (nSPS) is 20.6. The van der Waals surface area contributed by atoms with Crippen molar-refractivity contribution in [1.82, 2.24) is 10.2 Å². The van der Waals surface area contributed by atoms with Crippen LogP contribution in [-0.4, -0.2) is 74.9 Å². The summed E-state index contributed by atoms with van der Waals surface area (Å²) in [7, 11) is 4.00. The molecule has 10 nitrogen and oxygen atoms in total. The molecule has 162 valence electrons. The molecular weight excluding hydrogens is 382 g/mol. The van der Waals surface area contributed by atoms with E-state index in [4.69, 9.17) is 18.9 Å². The first kappa shape index (κ1) is 22.7. The summed E-state index contributed by atoms with van der Waals surface area (Å²) >= 11 is 0. The molecule has 0 aromatic heterocycles. The van der Waals surface area contributed by atoms with Crippen molar-refractivity contribution >= 4 is 11.6 Å². The highest BCUT2D eigenvalue weighted by Gasteiger charge is 2.33. The summed E-state index contributed by atoms with van der Waals surface area (Å²) in [5.74, 6) is -0.519. The average molecular weight is 411 g/mol. The molecule has 1 fully saturated rings. The molecule has 0 aliphatic carbocycles. The van der Waals surface area contributed by atoms with Gasteiger partial charge in [-0.15, -0.1) is 0 Å². The van der Waals surface area contributed by atoms with Crippen LogP contribution in [0.25, 0.3) is 0 Å². The van der Waals surface area contributed by atoms with Crippen molar-refractivity contribution in [2.45, 2.75) is 39.0 Å². The van der Waals surface area contributed by atoms with E-state index in [2.05, 4.69) is 10.2 Å². The Labute approximate surface area is 170 Å². The lowest BCUT2D eigenvalue weighted by molar-refractivity contribution is -0.386. The fourth-order valence-corrected chi connectivity index (χ4v) is 3.54. The number of amides is 1. The van der Waals surface area contributed by atoms with Gasteiger partial charge in [0.25, 0.3) is 5.91 Å². The van der Waals surface area contributed by atoms with Crippen LogP contribution in [-0.2, 0) is 4.74 Å². The van der Waals surface area contributed by atoms with Gasteiger partial charge in [0, 0.05) is 31.7 Å². The molecule has 10 heteroatoms. The summed E-state index contributed by atoms with van der Waals surface area (Å²) in [6, 6.07) is 1.33. The minimum atomic E-state index is -0.662. The van der Waals surface area contributed by atoms with Crippen molar-refractivity contribution in [3.05, 3.63) is 21.7 Å². The van der Waals surface area contributed by atoms with Crippen LogP contribution in [0.5, 0.6) is 17.2 Å². The number of methoxy groups -OCH3 is 3. The molecule has 2 rings (SSSR count). The Morgan fingerprint density at radius 1 is 1.24 bits per heavy atom. The van der Waals surface area contributed by atoms with Crippen molar-refractivity contribution in [3.63, 3.8) is 0 Å². The second-order valence-corrected chi connectivity index (χ2v) is 7.07. The number of nitrogens with zero attached hydrogens (tertiary/aromatic N) is 2. The molecule has 1 aliphatic rings. The third-order valence-electron chi connectivity index (χ3n) is 4.86. The van der Waals surface area contributed by atoms with E-state index in [0.29, 0.717) is 6.54 Å². The predicted octanol–water partition coefficient (Wildman–Crippen LogP) is 1.85. The number of morpholine rings is 1. The second-order valence-electron chi connectivity index (χ2n) is 7.07. The Kier molecular flexibility index (Phi) is 7.63. The average Bonchev–Trinajstić information content (AvgIpc) is 2.68. The molecule has 0 radical (unpaired) electrons. The van der Waals surface area contributed by atoms with Gasteiger partial charge < -0.3 is 24.3 Å². The lowest BCUT2D eigenvalue weighted by Crippen LogP contribution is -2.52. The van der Waals surface area contributed by atoms with Gasteiger partial charge in [0.1, 0.15) is 5.56 Å².